The molecule has 0 spiro atoms. The molecule has 0 radical (unpaired) electrons. The third kappa shape index (κ3) is 3.56. The minimum atomic E-state index is -3.84. The fraction of sp³-hybridized carbons (Fsp3) is 0.176. The van der Waals surface area contributed by atoms with Crippen molar-refractivity contribution in [2.75, 3.05) is 11.9 Å². The molecule has 0 saturated heterocycles. The number of sulfonamides is 1. The summed E-state index contributed by atoms with van der Waals surface area (Å²) in [6.45, 7) is -0.0648. The Labute approximate surface area is 160 Å². The minimum absolute atomic E-state index is 0.00487. The zero-order valence-corrected chi connectivity index (χ0v) is 15.7. The highest BCUT2D eigenvalue weighted by atomic mass is 35.5. The molecule has 0 fully saturated rings. The Balaban J connectivity index is 1.59. The standard InChI is InChI=1S/C17H14Cl2N2O4S/c18-13-8-7-11(10-14(13)19)20-16(22)6-3-9-21-17(23)12-4-1-2-5-15(12)26(21,24)25/h1-2,4-5,7-8,10H,3,6,9H2,(H,20,22). The van der Waals surface area contributed by atoms with Crippen molar-refractivity contribution >= 4 is 50.7 Å². The first-order valence-corrected chi connectivity index (χ1v) is 9.91. The van der Waals surface area contributed by atoms with Crippen LogP contribution in [0.5, 0.6) is 0 Å². The highest BCUT2D eigenvalue weighted by Gasteiger charge is 2.40. The van der Waals surface area contributed by atoms with E-state index in [-0.39, 0.29) is 35.8 Å². The lowest BCUT2D eigenvalue weighted by molar-refractivity contribution is -0.116. The van der Waals surface area contributed by atoms with E-state index in [1.165, 1.54) is 18.2 Å². The van der Waals surface area contributed by atoms with Crippen LogP contribution in [0.4, 0.5) is 5.69 Å². The number of nitrogens with zero attached hydrogens (tertiary/aromatic N) is 1. The lowest BCUT2D eigenvalue weighted by Gasteiger charge is -2.14. The largest absolute Gasteiger partial charge is 0.326 e. The van der Waals surface area contributed by atoms with Crippen molar-refractivity contribution in [3.63, 3.8) is 0 Å². The molecule has 136 valence electrons. The molecule has 0 bridgehead atoms. The first-order valence-electron chi connectivity index (χ1n) is 7.72. The van der Waals surface area contributed by atoms with E-state index < -0.39 is 15.9 Å². The molecule has 0 saturated carbocycles. The number of benzene rings is 2. The van der Waals surface area contributed by atoms with Gasteiger partial charge in [0.05, 0.1) is 15.6 Å². The first kappa shape index (κ1) is 18.7. The van der Waals surface area contributed by atoms with Crippen LogP contribution in [-0.2, 0) is 14.8 Å². The third-order valence-corrected chi connectivity index (χ3v) is 6.46. The van der Waals surface area contributed by atoms with Crippen molar-refractivity contribution in [2.24, 2.45) is 0 Å². The van der Waals surface area contributed by atoms with Crippen molar-refractivity contribution in [3.8, 4) is 0 Å². The lowest BCUT2D eigenvalue weighted by atomic mass is 10.2. The van der Waals surface area contributed by atoms with Gasteiger partial charge in [0.15, 0.2) is 0 Å². The molecule has 1 heterocycles. The number of anilines is 1. The normalized spacial score (nSPS) is 15.0. The summed E-state index contributed by atoms with van der Waals surface area (Å²) >= 11 is 11.7. The Morgan fingerprint density at radius 1 is 1.08 bits per heavy atom. The van der Waals surface area contributed by atoms with Crippen LogP contribution in [0.3, 0.4) is 0 Å². The minimum Gasteiger partial charge on any atom is -0.326 e. The highest BCUT2D eigenvalue weighted by molar-refractivity contribution is 7.90. The topological polar surface area (TPSA) is 83.6 Å². The summed E-state index contributed by atoms with van der Waals surface area (Å²) in [6.07, 6.45) is 0.252. The average Bonchev–Trinajstić information content (AvgIpc) is 2.79. The van der Waals surface area contributed by atoms with Crippen LogP contribution in [0.2, 0.25) is 10.0 Å². The van der Waals surface area contributed by atoms with Gasteiger partial charge in [-0.2, -0.15) is 0 Å². The Bertz CT molecular complexity index is 992. The summed E-state index contributed by atoms with van der Waals surface area (Å²) in [5.41, 5.74) is 0.648. The smallest absolute Gasteiger partial charge is 0.269 e. The number of amides is 2. The zero-order valence-electron chi connectivity index (χ0n) is 13.4. The van der Waals surface area contributed by atoms with E-state index in [1.807, 2.05) is 0 Å². The van der Waals surface area contributed by atoms with Crippen LogP contribution in [0.25, 0.3) is 0 Å². The SMILES string of the molecule is O=C(CCCN1C(=O)c2ccccc2S1(=O)=O)Nc1ccc(Cl)c(Cl)c1. The van der Waals surface area contributed by atoms with Crippen molar-refractivity contribution in [3.05, 3.63) is 58.1 Å². The maximum absolute atomic E-state index is 12.4. The Morgan fingerprint density at radius 2 is 1.81 bits per heavy atom. The average molecular weight is 413 g/mol. The van der Waals surface area contributed by atoms with Gasteiger partial charge in [0.25, 0.3) is 15.9 Å². The number of hydrogen-bond donors (Lipinski definition) is 1. The fourth-order valence-electron chi connectivity index (χ4n) is 2.63. The van der Waals surface area contributed by atoms with Crippen molar-refractivity contribution in [1.29, 1.82) is 0 Å². The van der Waals surface area contributed by atoms with Crippen molar-refractivity contribution < 1.29 is 18.0 Å². The molecular formula is C17H14Cl2N2O4S. The molecule has 1 aliphatic heterocycles. The molecular weight excluding hydrogens is 399 g/mol. The molecule has 2 aromatic carbocycles. The lowest BCUT2D eigenvalue weighted by Crippen LogP contribution is -2.31. The Kier molecular flexibility index (Phi) is 5.22. The second kappa shape index (κ2) is 7.26. The monoisotopic (exact) mass is 412 g/mol. The van der Waals surface area contributed by atoms with Gasteiger partial charge in [0.1, 0.15) is 4.90 Å². The van der Waals surface area contributed by atoms with Gasteiger partial charge in [0, 0.05) is 18.7 Å². The molecule has 26 heavy (non-hydrogen) atoms. The van der Waals surface area contributed by atoms with E-state index in [1.54, 1.807) is 24.3 Å². The summed E-state index contributed by atoms with van der Waals surface area (Å²) in [7, 11) is -3.84. The number of rotatable bonds is 5. The van der Waals surface area contributed by atoms with Gasteiger partial charge in [0.2, 0.25) is 5.91 Å². The third-order valence-electron chi connectivity index (χ3n) is 3.88. The maximum Gasteiger partial charge on any atom is 0.269 e. The summed E-state index contributed by atoms with van der Waals surface area (Å²) in [5.74, 6) is -0.879. The van der Waals surface area contributed by atoms with E-state index in [4.69, 9.17) is 23.2 Å². The maximum atomic E-state index is 12.4. The molecule has 9 heteroatoms. The zero-order chi connectivity index (χ0) is 18.9. The van der Waals surface area contributed by atoms with Crippen LogP contribution in [0.15, 0.2) is 47.4 Å². The molecule has 0 aliphatic carbocycles. The first-order chi connectivity index (χ1) is 12.3. The van der Waals surface area contributed by atoms with Gasteiger partial charge < -0.3 is 5.32 Å². The van der Waals surface area contributed by atoms with Crippen molar-refractivity contribution in [1.82, 2.24) is 4.31 Å². The van der Waals surface area contributed by atoms with Crippen LogP contribution in [0.1, 0.15) is 23.2 Å². The number of halogens is 2. The molecule has 3 rings (SSSR count). The number of fused-ring (bicyclic) bond motifs is 1. The van der Waals surface area contributed by atoms with Crippen LogP contribution in [-0.4, -0.2) is 31.1 Å². The van der Waals surface area contributed by atoms with Gasteiger partial charge in [-0.25, -0.2) is 12.7 Å². The van der Waals surface area contributed by atoms with E-state index >= 15 is 0 Å². The Morgan fingerprint density at radius 3 is 2.50 bits per heavy atom. The molecule has 2 amide bonds. The number of hydrogen-bond acceptors (Lipinski definition) is 4. The van der Waals surface area contributed by atoms with Crippen LogP contribution >= 0.6 is 23.2 Å². The molecule has 0 atom stereocenters. The summed E-state index contributed by atoms with van der Waals surface area (Å²) < 4.78 is 25.6. The number of nitrogens with one attached hydrogen (secondary N) is 1. The van der Waals surface area contributed by atoms with Crippen LogP contribution < -0.4 is 5.32 Å². The van der Waals surface area contributed by atoms with Gasteiger partial charge in [-0.15, -0.1) is 0 Å². The number of carbonyl (C=O) groups is 2. The van der Waals surface area contributed by atoms with Gasteiger partial charge >= 0.3 is 0 Å². The Hall–Kier alpha value is -2.09. The summed E-state index contributed by atoms with van der Waals surface area (Å²) in [4.78, 5) is 24.3. The highest BCUT2D eigenvalue weighted by Crippen LogP contribution is 2.30. The summed E-state index contributed by atoms with van der Waals surface area (Å²) in [5, 5.41) is 3.34. The van der Waals surface area contributed by atoms with E-state index in [9.17, 15) is 18.0 Å². The van der Waals surface area contributed by atoms with Crippen molar-refractivity contribution in [2.45, 2.75) is 17.7 Å². The summed E-state index contributed by atoms with van der Waals surface area (Å²) in [6, 6.07) is 10.8. The second-order valence-electron chi connectivity index (χ2n) is 5.66. The molecule has 6 nitrogen and oxygen atoms in total. The fourth-order valence-corrected chi connectivity index (χ4v) is 4.54. The predicted molar refractivity (Wildman–Crippen MR) is 99.0 cm³/mol. The predicted octanol–water partition coefficient (Wildman–Crippen LogP) is 3.56. The van der Waals surface area contributed by atoms with Gasteiger partial charge in [-0.3, -0.25) is 9.59 Å². The molecule has 0 unspecified atom stereocenters. The van der Waals surface area contributed by atoms with Gasteiger partial charge in [-0.05, 0) is 36.8 Å². The van der Waals surface area contributed by atoms with E-state index in [2.05, 4.69) is 5.32 Å². The van der Waals surface area contributed by atoms with Crippen LogP contribution in [0, 0.1) is 0 Å². The van der Waals surface area contributed by atoms with Gasteiger partial charge in [-0.1, -0.05) is 35.3 Å². The molecule has 2 aromatic rings. The molecule has 0 aromatic heterocycles. The number of carbonyl (C=O) groups excluding carboxylic acids is 2. The van der Waals surface area contributed by atoms with E-state index in [0.29, 0.717) is 15.7 Å². The molecule has 1 aliphatic rings. The van der Waals surface area contributed by atoms with E-state index in [0.717, 1.165) is 4.31 Å². The quantitative estimate of drug-likeness (QED) is 0.813. The molecule has 1 N–H and O–H groups in total. The second-order valence-corrected chi connectivity index (χ2v) is 8.30.